The highest BCUT2D eigenvalue weighted by molar-refractivity contribution is 5.71. The third-order valence-electron chi connectivity index (χ3n) is 4.04. The lowest BCUT2D eigenvalue weighted by molar-refractivity contribution is 0.203. The number of ether oxygens (including phenoxy) is 2. The van der Waals surface area contributed by atoms with Crippen molar-refractivity contribution in [2.75, 3.05) is 13.2 Å². The number of hydrogen-bond acceptors (Lipinski definition) is 5. The Bertz CT molecular complexity index is 1030. The number of hydrogen-bond donors (Lipinski definition) is 0. The molecule has 0 bridgehead atoms. The van der Waals surface area contributed by atoms with Crippen LogP contribution in [0.3, 0.4) is 0 Å². The summed E-state index contributed by atoms with van der Waals surface area (Å²) in [5, 5.41) is 0. The number of benzene rings is 1. The zero-order valence-electron chi connectivity index (χ0n) is 14.6. The van der Waals surface area contributed by atoms with E-state index < -0.39 is 11.2 Å². The molecule has 0 unspecified atom stereocenters. The number of aromatic nitrogens is 4. The molecule has 2 aromatic heterocycles. The van der Waals surface area contributed by atoms with Gasteiger partial charge in [0.25, 0.3) is 11.6 Å². The third-order valence-corrected chi connectivity index (χ3v) is 4.04. The molecule has 8 nitrogen and oxygen atoms in total. The largest absolute Gasteiger partial charge is 0.490 e. The molecule has 8 heteroatoms. The van der Waals surface area contributed by atoms with Crippen LogP contribution in [0.15, 0.2) is 33.9 Å². The Balaban J connectivity index is 1.76. The van der Waals surface area contributed by atoms with E-state index in [0.29, 0.717) is 17.8 Å². The molecule has 25 heavy (non-hydrogen) atoms. The van der Waals surface area contributed by atoms with Gasteiger partial charge in [0.15, 0.2) is 11.2 Å². The highest BCUT2D eigenvalue weighted by Crippen LogP contribution is 2.15. The Hall–Kier alpha value is -3.03. The van der Waals surface area contributed by atoms with E-state index >= 15 is 0 Å². The van der Waals surface area contributed by atoms with Gasteiger partial charge < -0.3 is 9.47 Å². The minimum absolute atomic E-state index is 0.263. The first-order chi connectivity index (χ1) is 11.9. The number of fused-ring (bicyclic) bond motifs is 1. The topological polar surface area (TPSA) is 80.3 Å². The SMILES string of the molecule is Cc1ccc(OCCOc2nc3c(c(=O)n(C)c(=O)n3C)n2C)cc1. The van der Waals surface area contributed by atoms with Crippen molar-refractivity contribution in [2.45, 2.75) is 6.92 Å². The number of nitrogens with zero attached hydrogens (tertiary/aromatic N) is 4. The molecule has 0 aliphatic heterocycles. The Kier molecular flexibility index (Phi) is 4.35. The van der Waals surface area contributed by atoms with Crippen molar-refractivity contribution in [3.8, 4) is 11.8 Å². The summed E-state index contributed by atoms with van der Waals surface area (Å²) in [5.74, 6) is 0.760. The minimum Gasteiger partial charge on any atom is -0.490 e. The standard InChI is InChI=1S/C17H20N4O4/c1-11-5-7-12(8-6-11)24-9-10-25-16-18-14-13(19(16)2)15(22)21(4)17(23)20(14)3/h5-8H,9-10H2,1-4H3. The Morgan fingerprint density at radius 1 is 0.920 bits per heavy atom. The van der Waals surface area contributed by atoms with Crippen LogP contribution < -0.4 is 20.7 Å². The second kappa shape index (κ2) is 6.46. The van der Waals surface area contributed by atoms with Gasteiger partial charge in [0, 0.05) is 21.1 Å². The Labute approximate surface area is 143 Å². The van der Waals surface area contributed by atoms with Crippen LogP contribution in [0.2, 0.25) is 0 Å². The van der Waals surface area contributed by atoms with Crippen molar-refractivity contribution in [3.63, 3.8) is 0 Å². The van der Waals surface area contributed by atoms with E-state index in [9.17, 15) is 9.59 Å². The van der Waals surface area contributed by atoms with Gasteiger partial charge in [-0.05, 0) is 19.1 Å². The van der Waals surface area contributed by atoms with Crippen LogP contribution in [0, 0.1) is 6.92 Å². The fraction of sp³-hybridized carbons (Fsp3) is 0.353. The molecular formula is C17H20N4O4. The van der Waals surface area contributed by atoms with Crippen LogP contribution in [0.4, 0.5) is 0 Å². The molecule has 3 rings (SSSR count). The molecule has 132 valence electrons. The van der Waals surface area contributed by atoms with E-state index in [1.807, 2.05) is 31.2 Å². The van der Waals surface area contributed by atoms with Crippen molar-refractivity contribution >= 4 is 11.2 Å². The molecule has 3 aromatic rings. The number of imidazole rings is 1. The second-order valence-electron chi connectivity index (χ2n) is 5.84. The van der Waals surface area contributed by atoms with Gasteiger partial charge in [-0.15, -0.1) is 0 Å². The molecule has 0 fully saturated rings. The Morgan fingerprint density at radius 3 is 2.24 bits per heavy atom. The predicted octanol–water partition coefficient (Wildman–Crippen LogP) is 0.737. The van der Waals surface area contributed by atoms with Crippen molar-refractivity contribution in [2.24, 2.45) is 21.1 Å². The first-order valence-corrected chi connectivity index (χ1v) is 7.85. The molecule has 0 amide bonds. The van der Waals surface area contributed by atoms with E-state index in [0.717, 1.165) is 15.9 Å². The summed E-state index contributed by atoms with van der Waals surface area (Å²) in [7, 11) is 4.69. The summed E-state index contributed by atoms with van der Waals surface area (Å²) in [6, 6.07) is 7.99. The zero-order chi connectivity index (χ0) is 18.1. The third kappa shape index (κ3) is 3.02. The van der Waals surface area contributed by atoms with Gasteiger partial charge in [-0.1, -0.05) is 17.7 Å². The highest BCUT2D eigenvalue weighted by atomic mass is 16.5. The molecule has 0 radical (unpaired) electrons. The monoisotopic (exact) mass is 344 g/mol. The van der Waals surface area contributed by atoms with E-state index in [2.05, 4.69) is 4.98 Å². The predicted molar refractivity (Wildman–Crippen MR) is 93.4 cm³/mol. The molecule has 0 aliphatic rings. The van der Waals surface area contributed by atoms with Gasteiger partial charge >= 0.3 is 5.69 Å². The molecule has 0 saturated heterocycles. The van der Waals surface area contributed by atoms with Crippen LogP contribution in [0.25, 0.3) is 11.2 Å². The smallest absolute Gasteiger partial charge is 0.332 e. The average molecular weight is 344 g/mol. The molecule has 1 aromatic carbocycles. The van der Waals surface area contributed by atoms with Gasteiger partial charge in [-0.25, -0.2) is 4.79 Å². The quantitative estimate of drug-likeness (QED) is 0.638. The van der Waals surface area contributed by atoms with Crippen LogP contribution in [-0.2, 0) is 21.1 Å². The van der Waals surface area contributed by atoms with Crippen molar-refractivity contribution in [1.29, 1.82) is 0 Å². The fourth-order valence-electron chi connectivity index (χ4n) is 2.55. The first-order valence-electron chi connectivity index (χ1n) is 7.85. The summed E-state index contributed by atoms with van der Waals surface area (Å²) in [6.45, 7) is 2.61. The summed E-state index contributed by atoms with van der Waals surface area (Å²) < 4.78 is 15.1. The van der Waals surface area contributed by atoms with Crippen LogP contribution in [-0.4, -0.2) is 31.9 Å². The van der Waals surface area contributed by atoms with Crippen molar-refractivity contribution in [3.05, 3.63) is 50.7 Å². The van der Waals surface area contributed by atoms with Gasteiger partial charge in [0.2, 0.25) is 0 Å². The molecule has 0 aliphatic carbocycles. The first kappa shape index (κ1) is 16.8. The number of aryl methyl sites for hydroxylation is 3. The second-order valence-corrected chi connectivity index (χ2v) is 5.84. The molecular weight excluding hydrogens is 324 g/mol. The lowest BCUT2D eigenvalue weighted by Gasteiger charge is -2.08. The summed E-state index contributed by atoms with van der Waals surface area (Å²) in [4.78, 5) is 28.5. The normalized spacial score (nSPS) is 11.0. The highest BCUT2D eigenvalue weighted by Gasteiger charge is 2.17. The maximum absolute atomic E-state index is 12.3. The van der Waals surface area contributed by atoms with Crippen LogP contribution in [0.5, 0.6) is 11.8 Å². The lowest BCUT2D eigenvalue weighted by atomic mass is 10.2. The summed E-state index contributed by atoms with van der Waals surface area (Å²) >= 11 is 0. The lowest BCUT2D eigenvalue weighted by Crippen LogP contribution is -2.37. The summed E-state index contributed by atoms with van der Waals surface area (Å²) in [5.41, 5.74) is 0.948. The van der Waals surface area contributed by atoms with Gasteiger partial charge in [0.05, 0.1) is 0 Å². The minimum atomic E-state index is -0.426. The number of rotatable bonds is 5. The van der Waals surface area contributed by atoms with Gasteiger partial charge in [-0.3, -0.25) is 18.5 Å². The summed E-state index contributed by atoms with van der Waals surface area (Å²) in [6.07, 6.45) is 0. The zero-order valence-corrected chi connectivity index (χ0v) is 14.6. The molecule has 0 saturated carbocycles. The van der Waals surface area contributed by atoms with E-state index in [1.54, 1.807) is 18.7 Å². The maximum Gasteiger partial charge on any atom is 0.332 e. The van der Waals surface area contributed by atoms with Crippen LogP contribution >= 0.6 is 0 Å². The van der Waals surface area contributed by atoms with E-state index in [1.165, 1.54) is 11.6 Å². The average Bonchev–Trinajstić information content (AvgIpc) is 2.93. The van der Waals surface area contributed by atoms with Crippen molar-refractivity contribution < 1.29 is 9.47 Å². The maximum atomic E-state index is 12.3. The molecule has 0 N–H and O–H groups in total. The van der Waals surface area contributed by atoms with Gasteiger partial charge in [-0.2, -0.15) is 4.98 Å². The van der Waals surface area contributed by atoms with E-state index in [-0.39, 0.29) is 12.6 Å². The fourth-order valence-corrected chi connectivity index (χ4v) is 2.55. The van der Waals surface area contributed by atoms with E-state index in [4.69, 9.17) is 9.47 Å². The Morgan fingerprint density at radius 2 is 1.56 bits per heavy atom. The van der Waals surface area contributed by atoms with Crippen LogP contribution in [0.1, 0.15) is 5.56 Å². The van der Waals surface area contributed by atoms with Gasteiger partial charge in [0.1, 0.15) is 19.0 Å². The molecule has 0 atom stereocenters. The molecule has 0 spiro atoms. The van der Waals surface area contributed by atoms with Crippen molar-refractivity contribution in [1.82, 2.24) is 18.7 Å². The molecule has 2 heterocycles.